The highest BCUT2D eigenvalue weighted by molar-refractivity contribution is 5.60. The van der Waals surface area contributed by atoms with E-state index in [1.165, 1.54) is 6.07 Å². The van der Waals surface area contributed by atoms with Crippen molar-refractivity contribution in [3.8, 4) is 6.07 Å². The van der Waals surface area contributed by atoms with E-state index in [0.717, 1.165) is 31.6 Å². The summed E-state index contributed by atoms with van der Waals surface area (Å²) in [6.45, 7) is 4.04. The third-order valence-corrected chi connectivity index (χ3v) is 3.31. The highest BCUT2D eigenvalue weighted by Gasteiger charge is 2.23. The van der Waals surface area contributed by atoms with Gasteiger partial charge in [-0.25, -0.2) is 4.39 Å². The number of halogens is 1. The van der Waals surface area contributed by atoms with Crippen LogP contribution in [0, 0.1) is 23.1 Å². The van der Waals surface area contributed by atoms with Crippen LogP contribution in [0.2, 0.25) is 0 Å². The summed E-state index contributed by atoms with van der Waals surface area (Å²) in [6.07, 6.45) is 2.28. The topological polar surface area (TPSA) is 27.0 Å². The van der Waals surface area contributed by atoms with E-state index in [4.69, 9.17) is 5.26 Å². The van der Waals surface area contributed by atoms with Crippen molar-refractivity contribution in [3.63, 3.8) is 0 Å². The van der Waals surface area contributed by atoms with Gasteiger partial charge in [-0.2, -0.15) is 5.26 Å². The predicted molar refractivity (Wildman–Crippen MR) is 61.7 cm³/mol. The first-order valence-corrected chi connectivity index (χ1v) is 5.69. The van der Waals surface area contributed by atoms with Crippen LogP contribution in [0.15, 0.2) is 18.2 Å². The summed E-state index contributed by atoms with van der Waals surface area (Å²) in [6, 6.07) is 6.80. The SMILES string of the molecule is CCC1CCN(c2cccc(F)c2C#N)C1. The molecule has 0 aromatic heterocycles. The van der Waals surface area contributed by atoms with Gasteiger partial charge in [0.15, 0.2) is 0 Å². The first-order valence-electron chi connectivity index (χ1n) is 5.69. The fourth-order valence-electron chi connectivity index (χ4n) is 2.27. The second-order valence-corrected chi connectivity index (χ2v) is 4.25. The Bertz CT molecular complexity index is 422. The quantitative estimate of drug-likeness (QED) is 0.763. The summed E-state index contributed by atoms with van der Waals surface area (Å²) in [5.41, 5.74) is 0.928. The van der Waals surface area contributed by atoms with E-state index in [9.17, 15) is 4.39 Å². The monoisotopic (exact) mass is 218 g/mol. The van der Waals surface area contributed by atoms with Crippen molar-refractivity contribution in [1.82, 2.24) is 0 Å². The average Bonchev–Trinajstić information content (AvgIpc) is 2.77. The second-order valence-electron chi connectivity index (χ2n) is 4.25. The molecule has 1 heterocycles. The van der Waals surface area contributed by atoms with Crippen molar-refractivity contribution in [2.45, 2.75) is 19.8 Å². The number of rotatable bonds is 2. The lowest BCUT2D eigenvalue weighted by Crippen LogP contribution is -2.20. The van der Waals surface area contributed by atoms with E-state index in [2.05, 4.69) is 11.8 Å². The van der Waals surface area contributed by atoms with Gasteiger partial charge < -0.3 is 4.90 Å². The Balaban J connectivity index is 2.28. The zero-order chi connectivity index (χ0) is 11.5. The maximum atomic E-state index is 13.4. The number of anilines is 1. The van der Waals surface area contributed by atoms with Crippen LogP contribution in [0.5, 0.6) is 0 Å². The molecule has 1 atom stereocenters. The summed E-state index contributed by atoms with van der Waals surface area (Å²) >= 11 is 0. The van der Waals surface area contributed by atoms with Gasteiger partial charge in [0.1, 0.15) is 17.4 Å². The van der Waals surface area contributed by atoms with Gasteiger partial charge >= 0.3 is 0 Å². The lowest BCUT2D eigenvalue weighted by atomic mass is 10.1. The maximum Gasteiger partial charge on any atom is 0.143 e. The minimum Gasteiger partial charge on any atom is -0.370 e. The molecule has 1 fully saturated rings. The van der Waals surface area contributed by atoms with Crippen molar-refractivity contribution in [2.75, 3.05) is 18.0 Å². The molecule has 0 N–H and O–H groups in total. The molecule has 2 rings (SSSR count). The van der Waals surface area contributed by atoms with Crippen molar-refractivity contribution in [1.29, 1.82) is 5.26 Å². The smallest absolute Gasteiger partial charge is 0.143 e. The molecule has 1 aromatic carbocycles. The third kappa shape index (κ3) is 1.88. The van der Waals surface area contributed by atoms with Crippen molar-refractivity contribution >= 4 is 5.69 Å². The van der Waals surface area contributed by atoms with Crippen molar-refractivity contribution < 1.29 is 4.39 Å². The average molecular weight is 218 g/mol. The van der Waals surface area contributed by atoms with Gasteiger partial charge in [-0.3, -0.25) is 0 Å². The van der Waals surface area contributed by atoms with E-state index in [-0.39, 0.29) is 5.56 Å². The van der Waals surface area contributed by atoms with Crippen LogP contribution in [0.4, 0.5) is 10.1 Å². The number of nitriles is 1. The standard InChI is InChI=1S/C13H15FN2/c1-2-10-6-7-16(9-10)13-5-3-4-12(14)11(13)8-15/h3-5,10H,2,6-7,9H2,1H3. The number of nitrogens with zero attached hydrogens (tertiary/aromatic N) is 2. The molecular formula is C13H15FN2. The molecule has 0 aliphatic carbocycles. The molecular weight excluding hydrogens is 203 g/mol. The van der Waals surface area contributed by atoms with Crippen LogP contribution in [-0.2, 0) is 0 Å². The summed E-state index contributed by atoms with van der Waals surface area (Å²) in [4.78, 5) is 2.12. The molecule has 1 aliphatic heterocycles. The fourth-order valence-corrected chi connectivity index (χ4v) is 2.27. The molecule has 16 heavy (non-hydrogen) atoms. The predicted octanol–water partition coefficient (Wildman–Crippen LogP) is 2.93. The fraction of sp³-hybridized carbons (Fsp3) is 0.462. The molecule has 2 nitrogen and oxygen atoms in total. The lowest BCUT2D eigenvalue weighted by molar-refractivity contribution is 0.568. The highest BCUT2D eigenvalue weighted by atomic mass is 19.1. The first-order chi connectivity index (χ1) is 7.76. The Morgan fingerprint density at radius 2 is 2.38 bits per heavy atom. The molecule has 0 radical (unpaired) electrons. The number of benzene rings is 1. The maximum absolute atomic E-state index is 13.4. The zero-order valence-corrected chi connectivity index (χ0v) is 9.41. The largest absolute Gasteiger partial charge is 0.370 e. The summed E-state index contributed by atoms with van der Waals surface area (Å²) in [5, 5.41) is 8.97. The molecule has 84 valence electrons. The van der Waals surface area contributed by atoms with E-state index >= 15 is 0 Å². The first kappa shape index (κ1) is 10.9. The second kappa shape index (κ2) is 4.52. The van der Waals surface area contributed by atoms with Crippen LogP contribution in [-0.4, -0.2) is 13.1 Å². The minimum absolute atomic E-state index is 0.180. The molecule has 1 saturated heterocycles. The molecule has 1 aromatic rings. The van der Waals surface area contributed by atoms with Gasteiger partial charge in [0.2, 0.25) is 0 Å². The highest BCUT2D eigenvalue weighted by Crippen LogP contribution is 2.29. The van der Waals surface area contributed by atoms with E-state index in [0.29, 0.717) is 5.92 Å². The van der Waals surface area contributed by atoms with Crippen LogP contribution in [0.25, 0.3) is 0 Å². The van der Waals surface area contributed by atoms with Crippen molar-refractivity contribution in [2.24, 2.45) is 5.92 Å². The molecule has 3 heteroatoms. The molecule has 0 spiro atoms. The minimum atomic E-state index is -0.417. The third-order valence-electron chi connectivity index (χ3n) is 3.31. The van der Waals surface area contributed by atoms with Gasteiger partial charge in [-0.05, 0) is 24.5 Å². The summed E-state index contributed by atoms with van der Waals surface area (Å²) in [7, 11) is 0. The Kier molecular flexibility index (Phi) is 3.09. The van der Waals surface area contributed by atoms with E-state index in [1.807, 2.05) is 12.1 Å². The molecule has 0 amide bonds. The molecule has 1 unspecified atom stereocenters. The lowest BCUT2D eigenvalue weighted by Gasteiger charge is -2.19. The number of hydrogen-bond donors (Lipinski definition) is 0. The Morgan fingerprint density at radius 3 is 3.00 bits per heavy atom. The Labute approximate surface area is 95.3 Å². The van der Waals surface area contributed by atoms with Crippen LogP contribution >= 0.6 is 0 Å². The number of hydrogen-bond acceptors (Lipinski definition) is 2. The van der Waals surface area contributed by atoms with Gasteiger partial charge in [0, 0.05) is 13.1 Å². The summed E-state index contributed by atoms with van der Waals surface area (Å²) in [5.74, 6) is 0.259. The Morgan fingerprint density at radius 1 is 1.56 bits per heavy atom. The summed E-state index contributed by atoms with van der Waals surface area (Å²) < 4.78 is 13.4. The van der Waals surface area contributed by atoms with Crippen LogP contribution in [0.3, 0.4) is 0 Å². The van der Waals surface area contributed by atoms with Crippen LogP contribution < -0.4 is 4.90 Å². The van der Waals surface area contributed by atoms with Crippen LogP contribution in [0.1, 0.15) is 25.3 Å². The van der Waals surface area contributed by atoms with Gasteiger partial charge in [0.05, 0.1) is 5.69 Å². The van der Waals surface area contributed by atoms with Gasteiger partial charge in [-0.15, -0.1) is 0 Å². The normalized spacial score (nSPS) is 19.8. The van der Waals surface area contributed by atoms with E-state index < -0.39 is 5.82 Å². The zero-order valence-electron chi connectivity index (χ0n) is 9.41. The molecule has 0 bridgehead atoms. The van der Waals surface area contributed by atoms with E-state index in [1.54, 1.807) is 6.07 Å². The van der Waals surface area contributed by atoms with Crippen molar-refractivity contribution in [3.05, 3.63) is 29.6 Å². The molecule has 1 aliphatic rings. The van der Waals surface area contributed by atoms with Gasteiger partial charge in [-0.1, -0.05) is 19.4 Å². The van der Waals surface area contributed by atoms with Gasteiger partial charge in [0.25, 0.3) is 0 Å². The molecule has 0 saturated carbocycles. The Hall–Kier alpha value is -1.56.